The van der Waals surface area contributed by atoms with Crippen LogP contribution >= 0.6 is 34.3 Å². The molecule has 1 unspecified atom stereocenters. The Hall–Kier alpha value is -3.55. The van der Waals surface area contributed by atoms with Crippen molar-refractivity contribution in [2.24, 2.45) is 0 Å². The Morgan fingerprint density at radius 2 is 1.83 bits per heavy atom. The first-order valence-corrected chi connectivity index (χ1v) is 12.8. The summed E-state index contributed by atoms with van der Waals surface area (Å²) in [5, 5.41) is 19.8. The van der Waals surface area contributed by atoms with E-state index in [1.54, 1.807) is 19.2 Å². The molecule has 0 spiro atoms. The van der Waals surface area contributed by atoms with Crippen LogP contribution in [0.25, 0.3) is 0 Å². The molecule has 0 aliphatic heterocycles. The maximum Gasteiger partial charge on any atom is 0.270 e. The molecule has 0 bridgehead atoms. The number of aromatic nitrogens is 6. The second-order valence-corrected chi connectivity index (χ2v) is 11.0. The number of anilines is 3. The molecule has 0 aromatic carbocycles. The van der Waals surface area contributed by atoms with E-state index >= 15 is 0 Å². The molecule has 4 heterocycles. The summed E-state index contributed by atoms with van der Waals surface area (Å²) in [6.45, 7) is 7.75. The number of halogens is 1. The molecule has 0 saturated heterocycles. The van der Waals surface area contributed by atoms with E-state index in [4.69, 9.17) is 11.6 Å². The van der Waals surface area contributed by atoms with Crippen LogP contribution < -0.4 is 16.0 Å². The quantitative estimate of drug-likeness (QED) is 0.303. The SMILES string of the molecule is CC(NC(=O)c1cc(Nc2nccs2)ncn1)c1ncc(C(=O)Nc2cc(C(C)(C)C)c(Cl)nn2)s1. The summed E-state index contributed by atoms with van der Waals surface area (Å²) in [6.07, 6.45) is 4.41. The zero-order valence-electron chi connectivity index (χ0n) is 19.7. The second-order valence-electron chi connectivity index (χ2n) is 8.65. The van der Waals surface area contributed by atoms with E-state index in [1.165, 1.54) is 29.9 Å². The van der Waals surface area contributed by atoms with Gasteiger partial charge in [0.15, 0.2) is 16.1 Å². The molecule has 36 heavy (non-hydrogen) atoms. The predicted octanol–water partition coefficient (Wildman–Crippen LogP) is 4.62. The number of rotatable bonds is 7. The lowest BCUT2D eigenvalue weighted by atomic mass is 9.88. The first-order valence-electron chi connectivity index (χ1n) is 10.7. The topological polar surface area (TPSA) is 148 Å². The van der Waals surface area contributed by atoms with Crippen molar-refractivity contribution in [3.05, 3.63) is 62.5 Å². The smallest absolute Gasteiger partial charge is 0.270 e. The summed E-state index contributed by atoms with van der Waals surface area (Å²) in [7, 11) is 0. The lowest BCUT2D eigenvalue weighted by Crippen LogP contribution is -2.27. The Balaban J connectivity index is 1.40. The minimum absolute atomic E-state index is 0.182. The van der Waals surface area contributed by atoms with Crippen LogP contribution in [0.5, 0.6) is 0 Å². The molecule has 3 N–H and O–H groups in total. The van der Waals surface area contributed by atoms with Crippen LogP contribution in [0.4, 0.5) is 16.8 Å². The molecule has 4 aromatic rings. The fourth-order valence-corrected chi connectivity index (χ4v) is 4.74. The molecule has 11 nitrogen and oxygen atoms in total. The van der Waals surface area contributed by atoms with Crippen LogP contribution in [0.3, 0.4) is 0 Å². The highest BCUT2D eigenvalue weighted by Crippen LogP contribution is 2.29. The van der Waals surface area contributed by atoms with Gasteiger partial charge in [0, 0.05) is 23.2 Å². The van der Waals surface area contributed by atoms with Gasteiger partial charge in [-0.05, 0) is 18.4 Å². The second kappa shape index (κ2) is 10.6. The van der Waals surface area contributed by atoms with Crippen molar-refractivity contribution >= 4 is 62.9 Å². The van der Waals surface area contributed by atoms with Crippen molar-refractivity contribution in [1.82, 2.24) is 35.5 Å². The molecule has 4 aromatic heterocycles. The van der Waals surface area contributed by atoms with Crippen LogP contribution in [0, 0.1) is 0 Å². The number of carbonyl (C=O) groups excluding carboxylic acids is 2. The normalized spacial score (nSPS) is 12.1. The largest absolute Gasteiger partial charge is 0.342 e. The van der Waals surface area contributed by atoms with Gasteiger partial charge >= 0.3 is 0 Å². The van der Waals surface area contributed by atoms with Gasteiger partial charge in [-0.1, -0.05) is 32.4 Å². The van der Waals surface area contributed by atoms with E-state index in [9.17, 15) is 9.59 Å². The highest BCUT2D eigenvalue weighted by molar-refractivity contribution is 7.14. The number of hydrogen-bond acceptors (Lipinski definition) is 11. The molecular weight excluding hydrogens is 522 g/mol. The summed E-state index contributed by atoms with van der Waals surface area (Å²) in [5.74, 6) is -0.0516. The van der Waals surface area contributed by atoms with Gasteiger partial charge in [-0.2, -0.15) is 0 Å². The van der Waals surface area contributed by atoms with Crippen molar-refractivity contribution in [1.29, 1.82) is 0 Å². The number of carbonyl (C=O) groups is 2. The molecule has 0 radical (unpaired) electrons. The van der Waals surface area contributed by atoms with Crippen LogP contribution in [0.1, 0.15) is 64.5 Å². The molecule has 14 heteroatoms. The van der Waals surface area contributed by atoms with E-state index in [-0.39, 0.29) is 22.8 Å². The third-order valence-electron chi connectivity index (χ3n) is 4.83. The van der Waals surface area contributed by atoms with Gasteiger partial charge < -0.3 is 16.0 Å². The first kappa shape index (κ1) is 25.5. The summed E-state index contributed by atoms with van der Waals surface area (Å²) in [4.78, 5) is 42.4. The fourth-order valence-electron chi connectivity index (χ4n) is 3.01. The monoisotopic (exact) mass is 543 g/mol. The van der Waals surface area contributed by atoms with E-state index in [0.717, 1.165) is 16.9 Å². The minimum Gasteiger partial charge on any atom is -0.342 e. The summed E-state index contributed by atoms with van der Waals surface area (Å²) in [5.41, 5.74) is 0.686. The molecule has 0 fully saturated rings. The van der Waals surface area contributed by atoms with Gasteiger partial charge in [0.05, 0.1) is 12.2 Å². The van der Waals surface area contributed by atoms with Crippen LogP contribution in [0.2, 0.25) is 5.15 Å². The maximum absolute atomic E-state index is 12.8. The lowest BCUT2D eigenvalue weighted by molar-refractivity contribution is 0.0934. The van der Waals surface area contributed by atoms with Gasteiger partial charge in [0.1, 0.15) is 27.7 Å². The zero-order chi connectivity index (χ0) is 25.9. The first-order chi connectivity index (χ1) is 17.1. The van der Waals surface area contributed by atoms with E-state index in [0.29, 0.717) is 26.0 Å². The van der Waals surface area contributed by atoms with Crippen LogP contribution in [-0.2, 0) is 5.41 Å². The number of nitrogens with zero attached hydrogens (tertiary/aromatic N) is 6. The Kier molecular flexibility index (Phi) is 7.52. The lowest BCUT2D eigenvalue weighted by Gasteiger charge is -2.20. The Labute approximate surface area is 219 Å². The highest BCUT2D eigenvalue weighted by atomic mass is 35.5. The fraction of sp³-hybridized carbons (Fsp3) is 0.273. The Morgan fingerprint density at radius 1 is 1.03 bits per heavy atom. The van der Waals surface area contributed by atoms with E-state index < -0.39 is 11.9 Å². The van der Waals surface area contributed by atoms with Gasteiger partial charge in [0.2, 0.25) is 0 Å². The molecule has 1 atom stereocenters. The van der Waals surface area contributed by atoms with E-state index in [1.807, 2.05) is 26.2 Å². The summed E-state index contributed by atoms with van der Waals surface area (Å²) in [6, 6.07) is 2.78. The van der Waals surface area contributed by atoms with Crippen LogP contribution in [-0.4, -0.2) is 41.9 Å². The van der Waals surface area contributed by atoms with Crippen molar-refractivity contribution in [3.8, 4) is 0 Å². The third kappa shape index (κ3) is 6.17. The summed E-state index contributed by atoms with van der Waals surface area (Å²) >= 11 is 8.73. The number of amides is 2. The molecule has 0 aliphatic carbocycles. The van der Waals surface area contributed by atoms with Crippen molar-refractivity contribution in [2.75, 3.05) is 10.6 Å². The van der Waals surface area contributed by atoms with Gasteiger partial charge in [-0.25, -0.2) is 19.9 Å². The molecular formula is C22H22ClN9O2S2. The minimum atomic E-state index is -0.461. The van der Waals surface area contributed by atoms with Gasteiger partial charge in [0.25, 0.3) is 11.8 Å². The van der Waals surface area contributed by atoms with E-state index in [2.05, 4.69) is 46.1 Å². The maximum atomic E-state index is 12.8. The van der Waals surface area contributed by atoms with Gasteiger partial charge in [-0.15, -0.1) is 32.9 Å². The zero-order valence-corrected chi connectivity index (χ0v) is 22.1. The number of hydrogen-bond donors (Lipinski definition) is 3. The average Bonchev–Trinajstić information content (AvgIpc) is 3.52. The Morgan fingerprint density at radius 3 is 2.56 bits per heavy atom. The van der Waals surface area contributed by atoms with Crippen LogP contribution in [0.15, 0.2) is 36.2 Å². The molecule has 0 saturated carbocycles. The summed E-state index contributed by atoms with van der Waals surface area (Å²) < 4.78 is 0. The standard InChI is InChI=1S/C22H22ClN9O2S2/c1-11(28-18(33)13-8-15(27-10-26-13)30-21-24-5-6-35-21)20-25-9-14(36-20)19(34)29-16-7-12(22(2,3)4)17(23)32-31-16/h5-11H,1-4H3,(H,28,33)(H,29,31,34)(H,24,26,27,30). The van der Waals surface area contributed by atoms with Crippen molar-refractivity contribution < 1.29 is 9.59 Å². The number of nitrogens with one attached hydrogen (secondary N) is 3. The average molecular weight is 544 g/mol. The molecule has 186 valence electrons. The Bertz CT molecular complexity index is 1390. The molecule has 2 amide bonds. The third-order valence-corrected chi connectivity index (χ3v) is 6.98. The van der Waals surface area contributed by atoms with Gasteiger partial charge in [-0.3, -0.25) is 9.59 Å². The van der Waals surface area contributed by atoms with Crippen molar-refractivity contribution in [3.63, 3.8) is 0 Å². The van der Waals surface area contributed by atoms with Crippen molar-refractivity contribution in [2.45, 2.75) is 39.2 Å². The molecule has 4 rings (SSSR count). The highest BCUT2D eigenvalue weighted by Gasteiger charge is 2.22. The molecule has 0 aliphatic rings. The number of thiazole rings is 2. The predicted molar refractivity (Wildman–Crippen MR) is 139 cm³/mol.